The average molecular weight is 505 g/mol. The quantitative estimate of drug-likeness (QED) is 0.479. The number of benzene rings is 2. The van der Waals surface area contributed by atoms with Crippen molar-refractivity contribution in [3.8, 4) is 0 Å². The smallest absolute Gasteiger partial charge is 0.369 e. The molecule has 2 aromatic carbocycles. The molecule has 5 nitrogen and oxygen atoms in total. The summed E-state index contributed by atoms with van der Waals surface area (Å²) in [6.07, 6.45) is 1.15. The zero-order valence-electron chi connectivity index (χ0n) is 20.9. The molecule has 0 unspecified atom stereocenters. The zero-order chi connectivity index (χ0) is 26.3. The minimum Gasteiger partial charge on any atom is -0.369 e. The molecule has 0 radical (unpaired) electrons. The molecule has 1 N–H and O–H groups in total. The van der Waals surface area contributed by atoms with Crippen LogP contribution in [0.2, 0.25) is 0 Å². The number of aryl methyl sites for hydroxylation is 1. The summed E-state index contributed by atoms with van der Waals surface area (Å²) in [7, 11) is 3.45. The van der Waals surface area contributed by atoms with E-state index >= 15 is 0 Å². The second kappa shape index (κ2) is 11.9. The van der Waals surface area contributed by atoms with E-state index in [2.05, 4.69) is 0 Å². The monoisotopic (exact) mass is 504 g/mol. The van der Waals surface area contributed by atoms with E-state index < -0.39 is 23.2 Å². The van der Waals surface area contributed by atoms with Gasteiger partial charge in [-0.05, 0) is 49.3 Å². The van der Waals surface area contributed by atoms with Gasteiger partial charge in [0.15, 0.2) is 0 Å². The Bertz CT molecular complexity index is 1000. The van der Waals surface area contributed by atoms with Crippen molar-refractivity contribution in [1.29, 1.82) is 0 Å². The van der Waals surface area contributed by atoms with Crippen LogP contribution in [0.1, 0.15) is 60.0 Å². The number of piperidine rings is 1. The molecule has 0 spiro atoms. The summed E-state index contributed by atoms with van der Waals surface area (Å²) in [5, 5.41) is 10.5. The maximum atomic E-state index is 13.8. The molecule has 1 aliphatic heterocycles. The van der Waals surface area contributed by atoms with E-state index in [1.54, 1.807) is 25.1 Å². The van der Waals surface area contributed by atoms with Crippen molar-refractivity contribution in [1.82, 2.24) is 9.80 Å². The Balaban J connectivity index is 1.42. The predicted octanol–water partition coefficient (Wildman–Crippen LogP) is 5.18. The Kier molecular flexibility index (Phi) is 9.17. The number of halogens is 3. The molecule has 36 heavy (non-hydrogen) atoms. The molecule has 1 heterocycles. The SMILES string of the molecule is CN(C)C(=O)c1ccc(CCCCCC2CCN(C(=O)[C@](O)(c3ccccc3)C(F)(F)F)CC2)cc1. The van der Waals surface area contributed by atoms with Gasteiger partial charge in [0.25, 0.3) is 17.4 Å². The van der Waals surface area contributed by atoms with Crippen molar-refractivity contribution in [2.75, 3.05) is 27.2 Å². The molecule has 3 rings (SSSR count). The Labute approximate surface area is 210 Å². The Morgan fingerprint density at radius 2 is 1.56 bits per heavy atom. The number of hydrogen-bond donors (Lipinski definition) is 1. The standard InChI is InChI=1S/C28H35F3N2O3/c1-32(2)25(34)23-15-13-21(14-16-23)9-5-3-6-10-22-17-19-33(20-18-22)26(35)27(36,28(29,30)31)24-11-7-4-8-12-24/h4,7-8,11-16,22,36H,3,5-6,9-10,17-20H2,1-2H3/t27-/m1/s1. The zero-order valence-corrected chi connectivity index (χ0v) is 20.9. The van der Waals surface area contributed by atoms with Gasteiger partial charge in [-0.2, -0.15) is 13.2 Å². The van der Waals surface area contributed by atoms with Gasteiger partial charge >= 0.3 is 6.18 Å². The number of unbranched alkanes of at least 4 members (excludes halogenated alkanes) is 2. The van der Waals surface area contributed by atoms with Crippen molar-refractivity contribution >= 4 is 11.8 Å². The van der Waals surface area contributed by atoms with Crippen molar-refractivity contribution < 1.29 is 27.9 Å². The Morgan fingerprint density at radius 3 is 2.11 bits per heavy atom. The highest BCUT2D eigenvalue weighted by molar-refractivity contribution is 5.93. The molecule has 0 aliphatic carbocycles. The van der Waals surface area contributed by atoms with Crippen molar-refractivity contribution in [3.63, 3.8) is 0 Å². The maximum absolute atomic E-state index is 13.8. The highest BCUT2D eigenvalue weighted by Gasteiger charge is 2.62. The molecule has 1 aliphatic rings. The highest BCUT2D eigenvalue weighted by atomic mass is 19.4. The fourth-order valence-corrected chi connectivity index (χ4v) is 4.75. The van der Waals surface area contributed by atoms with E-state index in [0.29, 0.717) is 24.3 Å². The number of nitrogens with zero attached hydrogens (tertiary/aromatic N) is 2. The van der Waals surface area contributed by atoms with Gasteiger partial charge in [0.2, 0.25) is 0 Å². The predicted molar refractivity (Wildman–Crippen MR) is 132 cm³/mol. The van der Waals surface area contributed by atoms with Crippen molar-refractivity contribution in [2.24, 2.45) is 5.92 Å². The summed E-state index contributed by atoms with van der Waals surface area (Å²) in [5.74, 6) is -0.948. The number of likely N-dealkylation sites (tertiary alicyclic amines) is 1. The van der Waals surface area contributed by atoms with E-state index in [1.165, 1.54) is 17.7 Å². The Morgan fingerprint density at radius 1 is 0.944 bits per heavy atom. The first-order valence-electron chi connectivity index (χ1n) is 12.5. The summed E-state index contributed by atoms with van der Waals surface area (Å²) < 4.78 is 41.4. The van der Waals surface area contributed by atoms with E-state index in [1.807, 2.05) is 24.3 Å². The number of alkyl halides is 3. The molecule has 8 heteroatoms. The van der Waals surface area contributed by atoms with E-state index in [0.717, 1.165) is 49.1 Å². The molecule has 196 valence electrons. The van der Waals surface area contributed by atoms with Crippen LogP contribution in [-0.2, 0) is 16.8 Å². The van der Waals surface area contributed by atoms with Crippen LogP contribution in [0.4, 0.5) is 13.2 Å². The third-order valence-electron chi connectivity index (χ3n) is 7.00. The molecule has 2 aromatic rings. The van der Waals surface area contributed by atoms with Crippen molar-refractivity contribution in [3.05, 3.63) is 71.3 Å². The summed E-state index contributed by atoms with van der Waals surface area (Å²) in [6.45, 7) is 0.430. The minimum absolute atomic E-state index is 0.0163. The lowest BCUT2D eigenvalue weighted by molar-refractivity contribution is -0.262. The molecule has 2 amide bonds. The van der Waals surface area contributed by atoms with Gasteiger partial charge in [0.1, 0.15) is 0 Å². The summed E-state index contributed by atoms with van der Waals surface area (Å²) in [6, 6.07) is 14.3. The second-order valence-corrected chi connectivity index (χ2v) is 9.81. The van der Waals surface area contributed by atoms with Crippen LogP contribution >= 0.6 is 0 Å². The molecule has 1 atom stereocenters. The first kappa shape index (κ1) is 27.7. The lowest BCUT2D eigenvalue weighted by atomic mass is 9.87. The van der Waals surface area contributed by atoms with E-state index in [-0.39, 0.29) is 19.0 Å². The normalized spacial score (nSPS) is 16.4. The third kappa shape index (κ3) is 6.46. The van der Waals surface area contributed by atoms with Crippen LogP contribution in [-0.4, -0.2) is 60.1 Å². The summed E-state index contributed by atoms with van der Waals surface area (Å²) in [5.41, 5.74) is -2.12. The first-order valence-corrected chi connectivity index (χ1v) is 12.5. The molecule has 1 saturated heterocycles. The number of carbonyl (C=O) groups excluding carboxylic acids is 2. The summed E-state index contributed by atoms with van der Waals surface area (Å²) in [4.78, 5) is 27.5. The second-order valence-electron chi connectivity index (χ2n) is 9.81. The van der Waals surface area contributed by atoms with Gasteiger partial charge in [0, 0.05) is 38.3 Å². The molecule has 0 bridgehead atoms. The van der Waals surface area contributed by atoms with Crippen LogP contribution in [0, 0.1) is 5.92 Å². The average Bonchev–Trinajstić information content (AvgIpc) is 2.87. The third-order valence-corrected chi connectivity index (χ3v) is 7.00. The van der Waals surface area contributed by atoms with Gasteiger partial charge in [0.05, 0.1) is 0 Å². The van der Waals surface area contributed by atoms with Crippen molar-refractivity contribution in [2.45, 2.75) is 56.7 Å². The van der Waals surface area contributed by atoms with E-state index in [9.17, 15) is 27.9 Å². The van der Waals surface area contributed by atoms with Gasteiger partial charge in [-0.3, -0.25) is 9.59 Å². The number of rotatable bonds is 9. The van der Waals surface area contributed by atoms with Crippen LogP contribution in [0.5, 0.6) is 0 Å². The van der Waals surface area contributed by atoms with Gasteiger partial charge < -0.3 is 14.9 Å². The minimum atomic E-state index is -5.11. The van der Waals surface area contributed by atoms with Crippen LogP contribution in [0.3, 0.4) is 0 Å². The van der Waals surface area contributed by atoms with Gasteiger partial charge in [-0.15, -0.1) is 0 Å². The fourth-order valence-electron chi connectivity index (χ4n) is 4.75. The van der Waals surface area contributed by atoms with Crippen LogP contribution < -0.4 is 0 Å². The van der Waals surface area contributed by atoms with E-state index in [4.69, 9.17) is 0 Å². The lowest BCUT2D eigenvalue weighted by Gasteiger charge is -2.38. The molecule has 1 fully saturated rings. The Hall–Kier alpha value is -2.87. The number of carbonyl (C=O) groups is 2. The largest absolute Gasteiger partial charge is 0.430 e. The fraction of sp³-hybridized carbons (Fsp3) is 0.500. The van der Waals surface area contributed by atoms with Crippen LogP contribution in [0.25, 0.3) is 0 Å². The van der Waals surface area contributed by atoms with Gasteiger partial charge in [-0.25, -0.2) is 0 Å². The number of aliphatic hydroxyl groups is 1. The topological polar surface area (TPSA) is 60.9 Å². The summed E-state index contributed by atoms with van der Waals surface area (Å²) >= 11 is 0. The number of amides is 2. The van der Waals surface area contributed by atoms with Gasteiger partial charge in [-0.1, -0.05) is 61.7 Å². The molecule has 0 aromatic heterocycles. The molecular weight excluding hydrogens is 469 g/mol. The molecular formula is C28H35F3N2O3. The maximum Gasteiger partial charge on any atom is 0.430 e. The first-order chi connectivity index (χ1) is 17.0. The lowest BCUT2D eigenvalue weighted by Crippen LogP contribution is -2.57. The van der Waals surface area contributed by atoms with Crippen LogP contribution in [0.15, 0.2) is 54.6 Å². The highest BCUT2D eigenvalue weighted by Crippen LogP contribution is 2.41. The number of hydrogen-bond acceptors (Lipinski definition) is 3. The molecule has 0 saturated carbocycles.